The van der Waals surface area contributed by atoms with Crippen LogP contribution in [0.4, 0.5) is 0 Å². The highest BCUT2D eigenvalue weighted by Gasteiger charge is 2.23. The topological polar surface area (TPSA) is 48.4 Å². The van der Waals surface area contributed by atoms with Crippen LogP contribution in [0, 0.1) is 20.8 Å². The van der Waals surface area contributed by atoms with Gasteiger partial charge in [-0.1, -0.05) is 90.5 Å². The van der Waals surface area contributed by atoms with Crippen molar-refractivity contribution in [2.75, 3.05) is 0 Å². The Bertz CT molecular complexity index is 1880. The molecule has 0 atom stereocenters. The van der Waals surface area contributed by atoms with E-state index in [0.29, 0.717) is 17.9 Å². The molecule has 206 valence electrons. The molecule has 42 heavy (non-hydrogen) atoms. The van der Waals surface area contributed by atoms with Crippen LogP contribution in [0.1, 0.15) is 32.6 Å². The van der Waals surface area contributed by atoms with E-state index in [0.717, 1.165) is 61.3 Å². The average Bonchev–Trinajstić information content (AvgIpc) is 3.01. The molecule has 6 aromatic rings. The minimum absolute atomic E-state index is 0.405. The lowest BCUT2D eigenvalue weighted by molar-refractivity contribution is 0.0737. The Labute approximate surface area is 246 Å². The Kier molecular flexibility index (Phi) is 7.52. The molecule has 0 aliphatic heterocycles. The first-order valence-corrected chi connectivity index (χ1v) is 14.0. The predicted octanol–water partition coefficient (Wildman–Crippen LogP) is 9.29. The molecule has 0 aliphatic rings. The number of hydrogen-bond acceptors (Lipinski definition) is 4. The lowest BCUT2D eigenvalue weighted by atomic mass is 9.95. The van der Waals surface area contributed by atoms with E-state index in [1.807, 2.05) is 136 Å². The summed E-state index contributed by atoms with van der Waals surface area (Å²) < 4.78 is 12.1. The maximum Gasteiger partial charge on any atom is 0.344 e. The number of benzene rings is 5. The third kappa shape index (κ3) is 5.52. The van der Waals surface area contributed by atoms with Crippen LogP contribution in [-0.4, -0.2) is 11.0 Å². The van der Waals surface area contributed by atoms with E-state index in [1.54, 1.807) is 0 Å². The molecule has 0 spiro atoms. The number of para-hydroxylation sites is 1. The molecule has 1 aromatic heterocycles. The van der Waals surface area contributed by atoms with Crippen LogP contribution in [0.5, 0.6) is 11.5 Å². The fourth-order valence-electron chi connectivity index (χ4n) is 5.37. The molecule has 1 heterocycles. The molecule has 4 heteroatoms. The van der Waals surface area contributed by atoms with Gasteiger partial charge in [-0.25, -0.2) is 9.78 Å². The fraction of sp³-hybridized carbons (Fsp3) is 0.105. The maximum atomic E-state index is 14.0. The second kappa shape index (κ2) is 11.7. The number of ether oxygens (including phenoxy) is 2. The van der Waals surface area contributed by atoms with Gasteiger partial charge in [0.15, 0.2) is 0 Å². The first kappa shape index (κ1) is 27.0. The SMILES string of the molecule is Cc1cc(C)c2nc(-c3ccc(OCc4ccccc4)cc3)c(C)c(C(=O)Oc3ccccc3-c3ccccc3)c2c1. The first-order valence-electron chi connectivity index (χ1n) is 14.0. The number of nitrogens with zero attached hydrogens (tertiary/aromatic N) is 1. The average molecular weight is 550 g/mol. The van der Waals surface area contributed by atoms with Crippen molar-refractivity contribution < 1.29 is 14.3 Å². The molecule has 0 N–H and O–H groups in total. The van der Waals surface area contributed by atoms with Gasteiger partial charge in [-0.2, -0.15) is 0 Å². The van der Waals surface area contributed by atoms with E-state index < -0.39 is 5.97 Å². The number of esters is 1. The smallest absolute Gasteiger partial charge is 0.344 e. The van der Waals surface area contributed by atoms with Crippen molar-refractivity contribution in [3.8, 4) is 33.9 Å². The number of rotatable bonds is 7. The summed E-state index contributed by atoms with van der Waals surface area (Å²) in [5, 5.41) is 0.791. The molecule has 0 radical (unpaired) electrons. The lowest BCUT2D eigenvalue weighted by Gasteiger charge is -2.17. The van der Waals surface area contributed by atoms with E-state index >= 15 is 0 Å². The van der Waals surface area contributed by atoms with Gasteiger partial charge in [0.2, 0.25) is 0 Å². The highest BCUT2D eigenvalue weighted by molar-refractivity contribution is 6.08. The molecule has 0 saturated carbocycles. The Balaban J connectivity index is 1.39. The summed E-state index contributed by atoms with van der Waals surface area (Å²) in [6, 6.07) is 39.6. The molecule has 0 saturated heterocycles. The molecular formula is C38H31NO3. The van der Waals surface area contributed by atoms with Crippen LogP contribution < -0.4 is 9.47 Å². The summed E-state index contributed by atoms with van der Waals surface area (Å²) in [7, 11) is 0. The number of aryl methyl sites for hydroxylation is 2. The van der Waals surface area contributed by atoms with E-state index in [9.17, 15) is 4.79 Å². The van der Waals surface area contributed by atoms with Crippen molar-refractivity contribution in [3.05, 3.63) is 149 Å². The zero-order chi connectivity index (χ0) is 29.1. The zero-order valence-electron chi connectivity index (χ0n) is 23.9. The molecule has 0 amide bonds. The Hall–Kier alpha value is -5.22. The van der Waals surface area contributed by atoms with Crippen molar-refractivity contribution >= 4 is 16.9 Å². The zero-order valence-corrected chi connectivity index (χ0v) is 23.9. The second-order valence-corrected chi connectivity index (χ2v) is 10.5. The van der Waals surface area contributed by atoms with Gasteiger partial charge in [-0.3, -0.25) is 0 Å². The molecule has 4 nitrogen and oxygen atoms in total. The van der Waals surface area contributed by atoms with Gasteiger partial charge in [0, 0.05) is 16.5 Å². The van der Waals surface area contributed by atoms with Gasteiger partial charge in [-0.05, 0) is 79.4 Å². The number of carbonyl (C=O) groups excluding carboxylic acids is 1. The molecule has 0 unspecified atom stereocenters. The van der Waals surface area contributed by atoms with Crippen molar-refractivity contribution in [2.24, 2.45) is 0 Å². The minimum Gasteiger partial charge on any atom is -0.489 e. The summed E-state index contributed by atoms with van der Waals surface area (Å²) >= 11 is 0. The second-order valence-electron chi connectivity index (χ2n) is 10.5. The summed E-state index contributed by atoms with van der Waals surface area (Å²) in [6.45, 7) is 6.50. The van der Waals surface area contributed by atoms with Crippen LogP contribution in [0.25, 0.3) is 33.3 Å². The first-order chi connectivity index (χ1) is 20.5. The quantitative estimate of drug-likeness (QED) is 0.147. The normalized spacial score (nSPS) is 10.9. The number of fused-ring (bicyclic) bond motifs is 1. The molecule has 0 bridgehead atoms. The van der Waals surface area contributed by atoms with Crippen LogP contribution in [-0.2, 0) is 6.61 Å². The molecule has 6 rings (SSSR count). The predicted molar refractivity (Wildman–Crippen MR) is 169 cm³/mol. The number of hydrogen-bond donors (Lipinski definition) is 0. The summed E-state index contributed by atoms with van der Waals surface area (Å²) in [6.07, 6.45) is 0. The van der Waals surface area contributed by atoms with Gasteiger partial charge >= 0.3 is 5.97 Å². The van der Waals surface area contributed by atoms with E-state index in [4.69, 9.17) is 14.5 Å². The summed E-state index contributed by atoms with van der Waals surface area (Å²) in [5.41, 5.74) is 8.75. The third-order valence-corrected chi connectivity index (χ3v) is 7.42. The van der Waals surface area contributed by atoms with Gasteiger partial charge in [0.25, 0.3) is 0 Å². The molecule has 0 fully saturated rings. The van der Waals surface area contributed by atoms with Crippen molar-refractivity contribution in [1.82, 2.24) is 4.98 Å². The summed E-state index contributed by atoms with van der Waals surface area (Å²) in [4.78, 5) is 19.1. The summed E-state index contributed by atoms with van der Waals surface area (Å²) in [5.74, 6) is 0.881. The Morgan fingerprint density at radius 2 is 1.38 bits per heavy atom. The highest BCUT2D eigenvalue weighted by atomic mass is 16.5. The Morgan fingerprint density at radius 3 is 2.12 bits per heavy atom. The third-order valence-electron chi connectivity index (χ3n) is 7.42. The highest BCUT2D eigenvalue weighted by Crippen LogP contribution is 2.35. The van der Waals surface area contributed by atoms with Crippen molar-refractivity contribution in [2.45, 2.75) is 27.4 Å². The number of aromatic nitrogens is 1. The molecule has 0 aliphatic carbocycles. The van der Waals surface area contributed by atoms with E-state index in [-0.39, 0.29) is 0 Å². The van der Waals surface area contributed by atoms with Crippen molar-refractivity contribution in [3.63, 3.8) is 0 Å². The van der Waals surface area contributed by atoms with Crippen LogP contribution in [0.3, 0.4) is 0 Å². The molecule has 5 aromatic carbocycles. The fourth-order valence-corrected chi connectivity index (χ4v) is 5.37. The van der Waals surface area contributed by atoms with Crippen molar-refractivity contribution in [1.29, 1.82) is 0 Å². The van der Waals surface area contributed by atoms with Gasteiger partial charge in [0.05, 0.1) is 16.8 Å². The molecular weight excluding hydrogens is 518 g/mol. The monoisotopic (exact) mass is 549 g/mol. The van der Waals surface area contributed by atoms with Crippen LogP contribution in [0.15, 0.2) is 121 Å². The Morgan fingerprint density at radius 1 is 0.714 bits per heavy atom. The number of pyridine rings is 1. The number of carbonyl (C=O) groups is 1. The van der Waals surface area contributed by atoms with Gasteiger partial charge < -0.3 is 9.47 Å². The van der Waals surface area contributed by atoms with Gasteiger partial charge in [-0.15, -0.1) is 0 Å². The lowest BCUT2D eigenvalue weighted by Crippen LogP contribution is -2.13. The maximum absolute atomic E-state index is 14.0. The largest absolute Gasteiger partial charge is 0.489 e. The minimum atomic E-state index is -0.405. The van der Waals surface area contributed by atoms with Crippen LogP contribution >= 0.6 is 0 Å². The van der Waals surface area contributed by atoms with E-state index in [2.05, 4.69) is 6.07 Å². The van der Waals surface area contributed by atoms with E-state index in [1.165, 1.54) is 0 Å². The van der Waals surface area contributed by atoms with Gasteiger partial charge in [0.1, 0.15) is 18.1 Å². The van der Waals surface area contributed by atoms with Crippen LogP contribution in [0.2, 0.25) is 0 Å². The standard InChI is InChI=1S/C38H31NO3/c1-25-22-26(2)36-33(23-25)35(38(40)42-34-17-11-10-16-32(34)29-14-8-5-9-15-29)27(3)37(39-36)30-18-20-31(21-19-30)41-24-28-12-6-4-7-13-28/h4-23H,24H2,1-3H3.